The molecule has 9 heteroatoms. The number of hydrogen-bond acceptors (Lipinski definition) is 4. The highest BCUT2D eigenvalue weighted by Gasteiger charge is 2.40. The van der Waals surface area contributed by atoms with E-state index in [0.717, 1.165) is 5.69 Å². The minimum Gasteiger partial charge on any atom is -0.406 e. The number of carbonyl (C=O) groups is 2. The van der Waals surface area contributed by atoms with Crippen LogP contribution in [0, 0.1) is 0 Å². The first kappa shape index (κ1) is 22.3. The summed E-state index contributed by atoms with van der Waals surface area (Å²) in [4.78, 5) is 31.9. The van der Waals surface area contributed by atoms with Gasteiger partial charge in [-0.15, -0.1) is 13.2 Å². The molecule has 1 aromatic heterocycles. The number of carbonyl (C=O) groups excluding carboxylic acids is 2. The van der Waals surface area contributed by atoms with Gasteiger partial charge in [-0.05, 0) is 41.5 Å². The first-order chi connectivity index (χ1) is 15.8. The van der Waals surface area contributed by atoms with Gasteiger partial charge in [0.1, 0.15) is 11.8 Å². The molecule has 0 radical (unpaired) electrons. The fourth-order valence-electron chi connectivity index (χ4n) is 3.76. The van der Waals surface area contributed by atoms with Crippen LogP contribution in [0.4, 0.5) is 13.2 Å². The third-order valence-corrected chi connectivity index (χ3v) is 5.27. The van der Waals surface area contributed by atoms with Gasteiger partial charge in [-0.1, -0.05) is 36.4 Å². The zero-order valence-corrected chi connectivity index (χ0v) is 17.4. The summed E-state index contributed by atoms with van der Waals surface area (Å²) in [5.74, 6) is -0.936. The van der Waals surface area contributed by atoms with E-state index >= 15 is 0 Å². The zero-order chi connectivity index (χ0) is 23.4. The highest BCUT2D eigenvalue weighted by molar-refractivity contribution is 6.04. The monoisotopic (exact) mass is 455 g/mol. The molecule has 0 saturated heterocycles. The molecule has 0 bridgehead atoms. The average Bonchev–Trinajstić information content (AvgIpc) is 3.08. The van der Waals surface area contributed by atoms with Gasteiger partial charge in [-0.2, -0.15) is 0 Å². The van der Waals surface area contributed by atoms with E-state index in [9.17, 15) is 22.8 Å². The van der Waals surface area contributed by atoms with Gasteiger partial charge >= 0.3 is 6.36 Å². The number of pyridine rings is 1. The van der Waals surface area contributed by atoms with E-state index in [4.69, 9.17) is 0 Å². The molecule has 6 nitrogen and oxygen atoms in total. The Labute approximate surface area is 188 Å². The van der Waals surface area contributed by atoms with Crippen LogP contribution in [0.25, 0.3) is 0 Å². The van der Waals surface area contributed by atoms with Gasteiger partial charge in [-0.25, -0.2) is 0 Å². The fraction of sp³-hybridized carbons (Fsp3) is 0.208. The number of nitrogens with one attached hydrogen (secondary N) is 1. The Balaban J connectivity index is 1.46. The largest absolute Gasteiger partial charge is 0.573 e. The average molecular weight is 455 g/mol. The Morgan fingerprint density at radius 1 is 1.03 bits per heavy atom. The van der Waals surface area contributed by atoms with Crippen molar-refractivity contribution in [3.63, 3.8) is 0 Å². The molecular weight excluding hydrogens is 435 g/mol. The van der Waals surface area contributed by atoms with Crippen LogP contribution in [-0.2, 0) is 17.8 Å². The molecule has 2 aromatic carbocycles. The fourth-order valence-corrected chi connectivity index (χ4v) is 3.76. The number of hydrogen-bond donors (Lipinski definition) is 1. The number of aromatic nitrogens is 1. The minimum absolute atomic E-state index is 0.0894. The van der Waals surface area contributed by atoms with Crippen molar-refractivity contribution >= 4 is 11.8 Å². The summed E-state index contributed by atoms with van der Waals surface area (Å²) in [6.07, 6.45) is -2.60. The second-order valence-electron chi connectivity index (χ2n) is 7.47. The molecule has 2 amide bonds. The van der Waals surface area contributed by atoms with Crippen LogP contribution in [0.3, 0.4) is 0 Å². The van der Waals surface area contributed by atoms with Crippen LogP contribution in [0.2, 0.25) is 0 Å². The third-order valence-electron chi connectivity index (χ3n) is 5.27. The van der Waals surface area contributed by atoms with E-state index < -0.39 is 12.4 Å². The van der Waals surface area contributed by atoms with Crippen LogP contribution in [0.5, 0.6) is 5.75 Å². The highest BCUT2D eigenvalue weighted by atomic mass is 19.4. The SMILES string of the molecule is O=C(NCc1ccc(OC(F)(F)F)cc1)[C@@H]1c2ccccc2C(=O)N1CCc1ccccn1. The standard InChI is InChI=1S/C24H20F3N3O3/c25-24(26,27)33-18-10-8-16(9-11-18)15-29-22(31)21-19-6-1-2-7-20(19)23(32)30(21)14-12-17-5-3-4-13-28-17/h1-11,13,21H,12,14-15H2,(H,29,31)/t21-/m0/s1. The van der Waals surface area contributed by atoms with E-state index in [0.29, 0.717) is 29.7 Å². The van der Waals surface area contributed by atoms with Gasteiger partial charge < -0.3 is 15.0 Å². The lowest BCUT2D eigenvalue weighted by Crippen LogP contribution is -2.40. The lowest BCUT2D eigenvalue weighted by molar-refractivity contribution is -0.274. The van der Waals surface area contributed by atoms with Crippen LogP contribution in [-0.4, -0.2) is 34.6 Å². The van der Waals surface area contributed by atoms with Gasteiger partial charge in [0.05, 0.1) is 0 Å². The molecule has 0 aliphatic carbocycles. The maximum atomic E-state index is 13.1. The first-order valence-corrected chi connectivity index (χ1v) is 10.2. The molecule has 0 fully saturated rings. The molecule has 1 atom stereocenters. The molecule has 0 spiro atoms. The molecule has 33 heavy (non-hydrogen) atoms. The Morgan fingerprint density at radius 2 is 1.76 bits per heavy atom. The van der Waals surface area contributed by atoms with Gasteiger partial charge in [0.25, 0.3) is 5.91 Å². The Hall–Kier alpha value is -3.88. The molecule has 1 aliphatic heterocycles. The molecule has 2 heterocycles. The number of nitrogens with zero attached hydrogens (tertiary/aromatic N) is 2. The normalized spacial score (nSPS) is 15.3. The molecule has 4 rings (SSSR count). The second kappa shape index (κ2) is 9.32. The summed E-state index contributed by atoms with van der Waals surface area (Å²) in [5, 5.41) is 2.79. The molecule has 3 aromatic rings. The van der Waals surface area contributed by atoms with Crippen molar-refractivity contribution in [3.05, 3.63) is 95.3 Å². The van der Waals surface area contributed by atoms with E-state index in [1.807, 2.05) is 12.1 Å². The van der Waals surface area contributed by atoms with Crippen molar-refractivity contribution < 1.29 is 27.5 Å². The number of ether oxygens (including phenoxy) is 1. The molecule has 170 valence electrons. The molecule has 0 unspecified atom stereocenters. The summed E-state index contributed by atoms with van der Waals surface area (Å²) in [6.45, 7) is 0.401. The smallest absolute Gasteiger partial charge is 0.406 e. The minimum atomic E-state index is -4.77. The Bertz CT molecular complexity index is 1130. The summed E-state index contributed by atoms with van der Waals surface area (Å²) in [6, 6.07) is 16.9. The summed E-state index contributed by atoms with van der Waals surface area (Å²) in [7, 11) is 0. The predicted octanol–water partition coefficient (Wildman–Crippen LogP) is 4.04. The Morgan fingerprint density at radius 3 is 2.45 bits per heavy atom. The topological polar surface area (TPSA) is 71.5 Å². The van der Waals surface area contributed by atoms with Crippen LogP contribution >= 0.6 is 0 Å². The van der Waals surface area contributed by atoms with Crippen LogP contribution < -0.4 is 10.1 Å². The second-order valence-corrected chi connectivity index (χ2v) is 7.47. The maximum absolute atomic E-state index is 13.1. The number of amides is 2. The Kier molecular flexibility index (Phi) is 6.30. The lowest BCUT2D eigenvalue weighted by atomic mass is 10.0. The number of benzene rings is 2. The van der Waals surface area contributed by atoms with Crippen LogP contribution in [0.1, 0.15) is 33.2 Å². The van der Waals surface area contributed by atoms with Crippen molar-refractivity contribution in [2.45, 2.75) is 25.4 Å². The van der Waals surface area contributed by atoms with Gasteiger partial charge in [0.2, 0.25) is 5.91 Å². The predicted molar refractivity (Wildman–Crippen MR) is 113 cm³/mol. The van der Waals surface area contributed by atoms with E-state index in [1.165, 1.54) is 29.2 Å². The van der Waals surface area contributed by atoms with E-state index in [2.05, 4.69) is 15.0 Å². The summed E-state index contributed by atoms with van der Waals surface area (Å²) < 4.78 is 40.8. The van der Waals surface area contributed by atoms with Gasteiger partial charge in [-0.3, -0.25) is 14.6 Å². The zero-order valence-electron chi connectivity index (χ0n) is 17.4. The van der Waals surface area contributed by atoms with Gasteiger partial charge in [0, 0.05) is 37.0 Å². The van der Waals surface area contributed by atoms with Crippen molar-refractivity contribution in [1.29, 1.82) is 0 Å². The number of rotatable bonds is 7. The first-order valence-electron chi connectivity index (χ1n) is 10.2. The van der Waals surface area contributed by atoms with Crippen molar-refractivity contribution in [3.8, 4) is 5.75 Å². The molecule has 0 saturated carbocycles. The number of fused-ring (bicyclic) bond motifs is 1. The van der Waals surface area contributed by atoms with Crippen LogP contribution in [0.15, 0.2) is 72.9 Å². The van der Waals surface area contributed by atoms with Crippen molar-refractivity contribution in [1.82, 2.24) is 15.2 Å². The van der Waals surface area contributed by atoms with Crippen molar-refractivity contribution in [2.24, 2.45) is 0 Å². The highest BCUT2D eigenvalue weighted by Crippen LogP contribution is 2.34. The summed E-state index contributed by atoms with van der Waals surface area (Å²) in [5.41, 5.74) is 2.50. The van der Waals surface area contributed by atoms with E-state index in [1.54, 1.807) is 36.5 Å². The molecular formula is C24H20F3N3O3. The van der Waals surface area contributed by atoms with Crippen molar-refractivity contribution in [2.75, 3.05) is 6.54 Å². The van der Waals surface area contributed by atoms with E-state index in [-0.39, 0.29) is 24.1 Å². The molecule has 1 aliphatic rings. The third kappa shape index (κ3) is 5.31. The lowest BCUT2D eigenvalue weighted by Gasteiger charge is -2.24. The number of halogens is 3. The number of alkyl halides is 3. The molecule has 1 N–H and O–H groups in total. The maximum Gasteiger partial charge on any atom is 0.573 e. The quantitative estimate of drug-likeness (QED) is 0.584. The summed E-state index contributed by atoms with van der Waals surface area (Å²) >= 11 is 0. The van der Waals surface area contributed by atoms with Gasteiger partial charge in [0.15, 0.2) is 0 Å².